The van der Waals surface area contributed by atoms with Crippen molar-refractivity contribution in [2.24, 2.45) is 5.73 Å². The number of sulfonamides is 1. The Morgan fingerprint density at radius 1 is 1.29 bits per heavy atom. The Bertz CT molecular complexity index is 1160. The molecule has 0 aromatic heterocycles. The Labute approximate surface area is 203 Å². The van der Waals surface area contributed by atoms with Crippen LogP contribution in [-0.2, 0) is 19.6 Å². The maximum Gasteiger partial charge on any atom is 0.345 e. The Kier molecular flexibility index (Phi) is 7.94. The highest BCUT2D eigenvalue weighted by Gasteiger charge is 2.31. The molecule has 9 nitrogen and oxygen atoms in total. The molecule has 186 valence electrons. The van der Waals surface area contributed by atoms with Crippen LogP contribution in [0.3, 0.4) is 0 Å². The zero-order chi connectivity index (χ0) is 25.2. The number of nitrogens with one attached hydrogen (secondary N) is 2. The highest BCUT2D eigenvalue weighted by molar-refractivity contribution is 8.18. The molecule has 2 aliphatic rings. The first-order chi connectivity index (χ1) is 15.9. The van der Waals surface area contributed by atoms with Gasteiger partial charge in [-0.2, -0.15) is 0 Å². The van der Waals surface area contributed by atoms with Gasteiger partial charge in [0.2, 0.25) is 10.0 Å². The molecule has 1 aliphatic heterocycles. The fourth-order valence-electron chi connectivity index (χ4n) is 4.01. The zero-order valence-corrected chi connectivity index (χ0v) is 21.1. The molecule has 0 bridgehead atoms. The number of halogens is 1. The highest BCUT2D eigenvalue weighted by Crippen LogP contribution is 2.39. The van der Waals surface area contributed by atoms with Crippen LogP contribution in [0, 0.1) is 11.2 Å². The van der Waals surface area contributed by atoms with Crippen LogP contribution in [0.15, 0.2) is 40.1 Å². The molecule has 1 aliphatic carbocycles. The van der Waals surface area contributed by atoms with Crippen LogP contribution in [-0.4, -0.2) is 56.3 Å². The number of thioether (sulfide) groups is 1. The summed E-state index contributed by atoms with van der Waals surface area (Å²) in [6.45, 7) is 1.68. The van der Waals surface area contributed by atoms with Crippen molar-refractivity contribution in [3.8, 4) is 5.75 Å². The molecule has 3 rings (SSSR count). The largest absolute Gasteiger partial charge is 0.488 e. The van der Waals surface area contributed by atoms with E-state index in [1.165, 1.54) is 35.9 Å². The summed E-state index contributed by atoms with van der Waals surface area (Å²) < 4.78 is 49.9. The minimum absolute atomic E-state index is 0.0926. The molecule has 0 unspecified atom stereocenters. The fraction of sp³-hybridized carbons (Fsp3) is 0.455. The number of carbonyl (C=O) groups is 1. The molecule has 34 heavy (non-hydrogen) atoms. The standard InChI is InChI=1S/C22H29FN4O5S2/c1-12-18(21(25)33-19(12)22(28)31-3)20(24)26-16-10-5-13(23)11-17(16)32-15-8-6-14(7-9-15)27(2)34(4,29)30/h5,10-11,14-15,25-26H,6-9,24H2,1-4H3/b20-18+,25-21?/t14-,15+. The number of benzene rings is 1. The number of esters is 1. The van der Waals surface area contributed by atoms with E-state index >= 15 is 0 Å². The van der Waals surface area contributed by atoms with Crippen molar-refractivity contribution in [2.45, 2.75) is 44.8 Å². The molecule has 1 aromatic carbocycles. The second-order valence-corrected chi connectivity index (χ2v) is 11.3. The van der Waals surface area contributed by atoms with Gasteiger partial charge in [-0.25, -0.2) is 21.9 Å². The quantitative estimate of drug-likeness (QED) is 0.474. The van der Waals surface area contributed by atoms with Gasteiger partial charge in [0.1, 0.15) is 27.3 Å². The van der Waals surface area contributed by atoms with Crippen LogP contribution in [0.2, 0.25) is 0 Å². The van der Waals surface area contributed by atoms with Gasteiger partial charge in [-0.3, -0.25) is 5.41 Å². The van der Waals surface area contributed by atoms with Crippen LogP contribution in [0.25, 0.3) is 0 Å². The molecule has 0 spiro atoms. The van der Waals surface area contributed by atoms with Crippen molar-refractivity contribution in [3.05, 3.63) is 45.9 Å². The van der Waals surface area contributed by atoms with E-state index < -0.39 is 21.8 Å². The fourth-order valence-corrected chi connectivity index (χ4v) is 5.75. The number of carbonyl (C=O) groups excluding carboxylic acids is 1. The van der Waals surface area contributed by atoms with Gasteiger partial charge in [0.15, 0.2) is 0 Å². The van der Waals surface area contributed by atoms with Gasteiger partial charge in [0.25, 0.3) is 0 Å². The van der Waals surface area contributed by atoms with Gasteiger partial charge in [-0.1, -0.05) is 11.8 Å². The van der Waals surface area contributed by atoms with Crippen molar-refractivity contribution in [1.29, 1.82) is 5.41 Å². The number of allylic oxidation sites excluding steroid dienone is 1. The lowest BCUT2D eigenvalue weighted by Crippen LogP contribution is -2.40. The number of anilines is 1. The smallest absolute Gasteiger partial charge is 0.345 e. The van der Waals surface area contributed by atoms with Crippen molar-refractivity contribution in [1.82, 2.24) is 4.31 Å². The Hall–Kier alpha value is -2.57. The Morgan fingerprint density at radius 2 is 1.94 bits per heavy atom. The second-order valence-electron chi connectivity index (χ2n) is 8.26. The van der Waals surface area contributed by atoms with E-state index in [2.05, 4.69) is 5.32 Å². The van der Waals surface area contributed by atoms with Crippen LogP contribution in [0.1, 0.15) is 32.6 Å². The first kappa shape index (κ1) is 26.0. The third-order valence-electron chi connectivity index (χ3n) is 5.97. The van der Waals surface area contributed by atoms with E-state index in [0.717, 1.165) is 11.8 Å². The number of ether oxygens (including phenoxy) is 2. The summed E-state index contributed by atoms with van der Waals surface area (Å²) >= 11 is 0.965. The van der Waals surface area contributed by atoms with Gasteiger partial charge in [0.05, 0.1) is 30.7 Å². The zero-order valence-electron chi connectivity index (χ0n) is 19.5. The summed E-state index contributed by atoms with van der Waals surface area (Å²) in [5, 5.41) is 11.3. The molecule has 12 heteroatoms. The van der Waals surface area contributed by atoms with E-state index in [-0.39, 0.29) is 28.8 Å². The third-order valence-corrected chi connectivity index (χ3v) is 8.40. The number of hydrogen-bond donors (Lipinski definition) is 3. The van der Waals surface area contributed by atoms with Crippen LogP contribution < -0.4 is 15.8 Å². The number of methoxy groups -OCH3 is 1. The molecule has 0 atom stereocenters. The van der Waals surface area contributed by atoms with Crippen molar-refractivity contribution < 1.29 is 27.1 Å². The summed E-state index contributed by atoms with van der Waals surface area (Å²) in [6.07, 6.45) is 3.46. The van der Waals surface area contributed by atoms with Gasteiger partial charge in [0, 0.05) is 19.2 Å². The molecule has 1 saturated carbocycles. The third kappa shape index (κ3) is 5.73. The lowest BCUT2D eigenvalue weighted by atomic mass is 9.93. The van der Waals surface area contributed by atoms with E-state index in [1.54, 1.807) is 14.0 Å². The van der Waals surface area contributed by atoms with Gasteiger partial charge in [-0.15, -0.1) is 0 Å². The monoisotopic (exact) mass is 512 g/mol. The summed E-state index contributed by atoms with van der Waals surface area (Å²) in [6, 6.07) is 3.92. The molecular weight excluding hydrogens is 483 g/mol. The average molecular weight is 513 g/mol. The van der Waals surface area contributed by atoms with Crippen LogP contribution in [0.4, 0.5) is 10.1 Å². The summed E-state index contributed by atoms with van der Waals surface area (Å²) in [4.78, 5) is 12.2. The van der Waals surface area contributed by atoms with E-state index in [1.807, 2.05) is 0 Å². The lowest BCUT2D eigenvalue weighted by molar-refractivity contribution is -0.135. The first-order valence-corrected chi connectivity index (χ1v) is 13.3. The van der Waals surface area contributed by atoms with Crippen LogP contribution >= 0.6 is 11.8 Å². The number of rotatable bonds is 7. The van der Waals surface area contributed by atoms with E-state index in [9.17, 15) is 17.6 Å². The van der Waals surface area contributed by atoms with Gasteiger partial charge >= 0.3 is 5.97 Å². The van der Waals surface area contributed by atoms with Crippen molar-refractivity contribution in [2.75, 3.05) is 25.7 Å². The Morgan fingerprint density at radius 3 is 2.53 bits per heavy atom. The normalized spacial score (nSPS) is 22.7. The summed E-state index contributed by atoms with van der Waals surface area (Å²) in [5.41, 5.74) is 7.54. The average Bonchev–Trinajstić information content (AvgIpc) is 3.08. The van der Waals surface area contributed by atoms with E-state index in [0.29, 0.717) is 47.4 Å². The van der Waals surface area contributed by atoms with Crippen molar-refractivity contribution in [3.63, 3.8) is 0 Å². The SMILES string of the molecule is COC(=O)C1=C(C)/C(=C(/N)Nc2ccc(F)cc2O[C@H]2CC[C@@H](N(C)S(C)(=O)=O)CC2)C(=N)S1. The van der Waals surface area contributed by atoms with Gasteiger partial charge in [-0.05, 0) is 50.3 Å². The topological polar surface area (TPSA) is 135 Å². The molecule has 1 aromatic rings. The predicted molar refractivity (Wildman–Crippen MR) is 131 cm³/mol. The summed E-state index contributed by atoms with van der Waals surface area (Å²) in [5.74, 6) is -0.636. The number of hydrogen-bond acceptors (Lipinski definition) is 9. The molecule has 0 amide bonds. The Balaban J connectivity index is 1.78. The summed E-state index contributed by atoms with van der Waals surface area (Å²) in [7, 11) is -0.426. The second kappa shape index (κ2) is 10.4. The maximum atomic E-state index is 14.0. The molecule has 4 N–H and O–H groups in total. The van der Waals surface area contributed by atoms with E-state index in [4.69, 9.17) is 20.6 Å². The minimum atomic E-state index is -3.27. The first-order valence-electron chi connectivity index (χ1n) is 10.6. The molecule has 0 radical (unpaired) electrons. The van der Waals surface area contributed by atoms with Gasteiger partial charge < -0.3 is 20.5 Å². The molecule has 0 saturated heterocycles. The minimum Gasteiger partial charge on any atom is -0.488 e. The highest BCUT2D eigenvalue weighted by atomic mass is 32.2. The molecular formula is C22H29FN4O5S2. The molecule has 1 fully saturated rings. The van der Waals surface area contributed by atoms with Crippen LogP contribution in [0.5, 0.6) is 5.75 Å². The predicted octanol–water partition coefficient (Wildman–Crippen LogP) is 3.16. The van der Waals surface area contributed by atoms with Crippen molar-refractivity contribution >= 4 is 38.5 Å². The maximum absolute atomic E-state index is 14.0. The lowest BCUT2D eigenvalue weighted by Gasteiger charge is -2.33. The number of nitrogens with zero attached hydrogens (tertiary/aromatic N) is 1. The number of nitrogens with two attached hydrogens (primary N) is 1. The molecule has 1 heterocycles.